The maximum atomic E-state index is 12.3. The zero-order valence-corrected chi connectivity index (χ0v) is 10.8. The molecule has 0 aliphatic heterocycles. The van der Waals surface area contributed by atoms with Crippen LogP contribution in [-0.2, 0) is 10.1 Å². The lowest BCUT2D eigenvalue weighted by Crippen LogP contribution is -2.26. The van der Waals surface area contributed by atoms with E-state index in [0.29, 0.717) is 0 Å². The Balaban J connectivity index is 3.62. The summed E-state index contributed by atoms with van der Waals surface area (Å²) in [4.78, 5) is 20.5. The molecule has 1 N–H and O–H groups in total. The third-order valence-electron chi connectivity index (χ3n) is 2.24. The Morgan fingerprint density at radius 1 is 0.818 bits per heavy atom. The van der Waals surface area contributed by atoms with Crippen LogP contribution >= 0.6 is 0 Å². The first kappa shape index (κ1) is 18.1. The molecule has 0 saturated heterocycles. The number of benzene rings is 1. The summed E-state index contributed by atoms with van der Waals surface area (Å²) in [5.41, 5.74) is -3.06. The molecular weight excluding hydrogens is 346 g/mol. The molecule has 122 valence electrons. The summed E-state index contributed by atoms with van der Waals surface area (Å²) in [6.45, 7) is 0. The Bertz CT molecular complexity index is 687. The van der Waals surface area contributed by atoms with Gasteiger partial charge in [0.1, 0.15) is 0 Å². The predicted molar refractivity (Wildman–Crippen MR) is 57.0 cm³/mol. The van der Waals surface area contributed by atoms with Crippen LogP contribution < -0.4 is 0 Å². The van der Waals surface area contributed by atoms with Crippen molar-refractivity contribution in [3.05, 3.63) is 29.3 Å². The number of hydrogen-bond acceptors (Lipinski definition) is 4. The highest BCUT2D eigenvalue weighted by Gasteiger charge is 2.43. The lowest BCUT2D eigenvalue weighted by Gasteiger charge is -2.10. The van der Waals surface area contributed by atoms with Crippen molar-refractivity contribution in [3.8, 4) is 0 Å². The van der Waals surface area contributed by atoms with Crippen molar-refractivity contribution in [1.82, 2.24) is 0 Å². The van der Waals surface area contributed by atoms with E-state index in [9.17, 15) is 44.3 Å². The number of carbonyl (C=O) groups excluding carboxylic acids is 2. The molecule has 0 aliphatic carbocycles. The Hall–Kier alpha value is -1.95. The standard InChI is InChI=1S/C10H4F6O5S/c11-9(12,13)7(17)4-1-5(8(18)10(14,15)16)3-6(2-4)22(19,20)21/h1-3H,(H,19,20,21). The Labute approximate surface area is 118 Å². The average molecular weight is 350 g/mol. The third kappa shape index (κ3) is 4.04. The molecule has 1 rings (SSSR count). The van der Waals surface area contributed by atoms with E-state index in [1.54, 1.807) is 0 Å². The molecule has 0 aliphatic rings. The molecule has 5 nitrogen and oxygen atoms in total. The quantitative estimate of drug-likeness (QED) is 0.514. The molecule has 1 aromatic carbocycles. The fraction of sp³-hybridized carbons (Fsp3) is 0.200. The molecule has 0 spiro atoms. The lowest BCUT2D eigenvalue weighted by atomic mass is 10.0. The van der Waals surface area contributed by atoms with Gasteiger partial charge in [-0.3, -0.25) is 14.1 Å². The van der Waals surface area contributed by atoms with E-state index in [1.807, 2.05) is 0 Å². The van der Waals surface area contributed by atoms with Crippen molar-refractivity contribution in [2.75, 3.05) is 0 Å². The molecule has 1 aromatic rings. The number of carbonyl (C=O) groups is 2. The van der Waals surface area contributed by atoms with Crippen molar-refractivity contribution < 1.29 is 48.9 Å². The topological polar surface area (TPSA) is 88.5 Å². The zero-order valence-electron chi connectivity index (χ0n) is 9.99. The van der Waals surface area contributed by atoms with E-state index in [4.69, 9.17) is 4.55 Å². The van der Waals surface area contributed by atoms with Gasteiger partial charge in [0, 0.05) is 11.1 Å². The molecule has 12 heteroatoms. The number of hydrogen-bond donors (Lipinski definition) is 1. The zero-order chi connectivity index (χ0) is 17.5. The maximum Gasteiger partial charge on any atom is 0.454 e. The monoisotopic (exact) mass is 350 g/mol. The molecule has 0 fully saturated rings. The summed E-state index contributed by atoms with van der Waals surface area (Å²) in [7, 11) is -5.24. The Morgan fingerprint density at radius 2 is 1.14 bits per heavy atom. The van der Waals surface area contributed by atoms with Gasteiger partial charge >= 0.3 is 12.4 Å². The minimum absolute atomic E-state index is 0.0122. The number of halogens is 6. The minimum atomic E-state index is -5.52. The summed E-state index contributed by atoms with van der Waals surface area (Å²) < 4.78 is 104. The highest BCUT2D eigenvalue weighted by Crippen LogP contribution is 2.27. The smallest absolute Gasteiger partial charge is 0.284 e. The highest BCUT2D eigenvalue weighted by atomic mass is 32.2. The average Bonchev–Trinajstić information content (AvgIpc) is 2.33. The van der Waals surface area contributed by atoms with E-state index in [0.717, 1.165) is 0 Å². The Morgan fingerprint density at radius 3 is 1.36 bits per heavy atom. The van der Waals surface area contributed by atoms with E-state index in [2.05, 4.69) is 0 Å². The van der Waals surface area contributed by atoms with Crippen molar-refractivity contribution in [2.45, 2.75) is 17.2 Å². The number of rotatable bonds is 3. The SMILES string of the molecule is O=C(c1cc(C(=O)C(F)(F)F)cc(S(=O)(=O)O)c1)C(F)(F)F. The molecule has 0 radical (unpaired) electrons. The number of Topliss-reactive ketones (excluding diaryl/α,β-unsaturated/α-hetero) is 2. The van der Waals surface area contributed by atoms with E-state index >= 15 is 0 Å². The third-order valence-corrected chi connectivity index (χ3v) is 3.08. The molecule has 0 atom stereocenters. The van der Waals surface area contributed by atoms with E-state index in [-0.39, 0.29) is 18.2 Å². The molecule has 0 saturated carbocycles. The second-order valence-corrected chi connectivity index (χ2v) is 5.30. The molecule has 0 amide bonds. The molecule has 22 heavy (non-hydrogen) atoms. The van der Waals surface area contributed by atoms with Crippen LogP contribution in [-0.4, -0.2) is 36.9 Å². The van der Waals surface area contributed by atoms with Crippen LogP contribution in [0.3, 0.4) is 0 Å². The van der Waals surface area contributed by atoms with Crippen LogP contribution in [0, 0.1) is 0 Å². The molecular formula is C10H4F6O5S. The van der Waals surface area contributed by atoms with Crippen LogP contribution in [0.4, 0.5) is 26.3 Å². The van der Waals surface area contributed by atoms with Crippen LogP contribution in [0.2, 0.25) is 0 Å². The van der Waals surface area contributed by atoms with Gasteiger partial charge in [-0.2, -0.15) is 34.8 Å². The van der Waals surface area contributed by atoms with Gasteiger partial charge in [0.25, 0.3) is 21.7 Å². The van der Waals surface area contributed by atoms with Crippen LogP contribution in [0.25, 0.3) is 0 Å². The second kappa shape index (κ2) is 5.35. The second-order valence-electron chi connectivity index (χ2n) is 3.87. The van der Waals surface area contributed by atoms with Gasteiger partial charge in [0.15, 0.2) is 0 Å². The fourth-order valence-electron chi connectivity index (χ4n) is 1.34. The molecule has 0 bridgehead atoms. The first-order valence-electron chi connectivity index (χ1n) is 4.99. The van der Waals surface area contributed by atoms with Crippen molar-refractivity contribution >= 4 is 21.7 Å². The van der Waals surface area contributed by atoms with Gasteiger partial charge in [-0.15, -0.1) is 0 Å². The number of ketones is 2. The van der Waals surface area contributed by atoms with Crippen LogP contribution in [0.5, 0.6) is 0 Å². The summed E-state index contributed by atoms with van der Waals surface area (Å²) >= 11 is 0. The largest absolute Gasteiger partial charge is 0.454 e. The molecule has 0 heterocycles. The molecule has 0 aromatic heterocycles. The van der Waals surface area contributed by atoms with Gasteiger partial charge in [0.05, 0.1) is 4.90 Å². The Kier molecular flexibility index (Phi) is 4.40. The predicted octanol–water partition coefficient (Wildman–Crippen LogP) is 2.42. The normalized spacial score (nSPS) is 13.0. The summed E-state index contributed by atoms with van der Waals surface area (Å²) in [6.07, 6.45) is -11.0. The van der Waals surface area contributed by atoms with E-state index < -0.39 is 50.1 Å². The summed E-state index contributed by atoms with van der Waals surface area (Å²) in [5.74, 6) is -5.34. The van der Waals surface area contributed by atoms with Gasteiger partial charge < -0.3 is 0 Å². The van der Waals surface area contributed by atoms with Crippen LogP contribution in [0.15, 0.2) is 23.1 Å². The van der Waals surface area contributed by atoms with Gasteiger partial charge in [-0.1, -0.05) is 0 Å². The van der Waals surface area contributed by atoms with Crippen molar-refractivity contribution in [1.29, 1.82) is 0 Å². The van der Waals surface area contributed by atoms with Gasteiger partial charge in [0.2, 0.25) is 0 Å². The summed E-state index contributed by atoms with van der Waals surface area (Å²) in [5, 5.41) is 0. The number of alkyl halides is 6. The minimum Gasteiger partial charge on any atom is -0.284 e. The highest BCUT2D eigenvalue weighted by molar-refractivity contribution is 7.85. The van der Waals surface area contributed by atoms with Gasteiger partial charge in [-0.05, 0) is 18.2 Å². The first-order valence-corrected chi connectivity index (χ1v) is 6.43. The van der Waals surface area contributed by atoms with Crippen LogP contribution in [0.1, 0.15) is 20.7 Å². The maximum absolute atomic E-state index is 12.3. The first-order chi connectivity index (χ1) is 9.64. The molecule has 0 unspecified atom stereocenters. The van der Waals surface area contributed by atoms with E-state index in [1.165, 1.54) is 0 Å². The fourth-order valence-corrected chi connectivity index (χ4v) is 1.89. The van der Waals surface area contributed by atoms with Crippen molar-refractivity contribution in [3.63, 3.8) is 0 Å². The van der Waals surface area contributed by atoms with Crippen molar-refractivity contribution in [2.24, 2.45) is 0 Å². The summed E-state index contributed by atoms with van der Waals surface area (Å²) in [6, 6.07) is -0.0308. The lowest BCUT2D eigenvalue weighted by molar-refractivity contribution is -0.0888. The van der Waals surface area contributed by atoms with Gasteiger partial charge in [-0.25, -0.2) is 0 Å².